The molecule has 1 fully saturated rings. The lowest BCUT2D eigenvalue weighted by Gasteiger charge is -2.22. The van der Waals surface area contributed by atoms with Gasteiger partial charge in [0.05, 0.1) is 0 Å². The highest BCUT2D eigenvalue weighted by Crippen LogP contribution is 2.18. The highest BCUT2D eigenvalue weighted by atomic mass is 19.1. The van der Waals surface area contributed by atoms with E-state index < -0.39 is 0 Å². The molecule has 0 atom stereocenters. The Labute approximate surface area is 115 Å². The van der Waals surface area contributed by atoms with Gasteiger partial charge < -0.3 is 10.1 Å². The molecule has 0 bridgehead atoms. The summed E-state index contributed by atoms with van der Waals surface area (Å²) in [4.78, 5) is 0. The highest BCUT2D eigenvalue weighted by Gasteiger charge is 2.13. The van der Waals surface area contributed by atoms with E-state index in [1.54, 1.807) is 12.1 Å². The third kappa shape index (κ3) is 4.59. The summed E-state index contributed by atoms with van der Waals surface area (Å²) in [5.41, 5.74) is 2.01. The first-order valence-corrected chi connectivity index (χ1v) is 7.03. The van der Waals surface area contributed by atoms with E-state index in [1.165, 1.54) is 0 Å². The van der Waals surface area contributed by atoms with E-state index in [4.69, 9.17) is 4.74 Å². The van der Waals surface area contributed by atoms with Crippen molar-refractivity contribution in [3.05, 3.63) is 41.1 Å². The number of hydrogen-bond acceptors (Lipinski definition) is 2. The Morgan fingerprint density at radius 3 is 2.68 bits per heavy atom. The summed E-state index contributed by atoms with van der Waals surface area (Å²) in [6.07, 6.45) is 2.26. The summed E-state index contributed by atoms with van der Waals surface area (Å²) in [5, 5.41) is 3.43. The maximum Gasteiger partial charge on any atom is 0.123 e. The van der Waals surface area contributed by atoms with Gasteiger partial charge >= 0.3 is 0 Å². The minimum Gasteiger partial charge on any atom is -0.381 e. The zero-order valence-corrected chi connectivity index (χ0v) is 11.8. The van der Waals surface area contributed by atoms with E-state index in [0.29, 0.717) is 5.92 Å². The van der Waals surface area contributed by atoms with Crippen LogP contribution in [-0.4, -0.2) is 19.8 Å². The molecular formula is C16H23FNO. The Morgan fingerprint density at radius 2 is 2.00 bits per heavy atom. The molecule has 0 saturated carbocycles. The molecule has 0 spiro atoms. The predicted molar refractivity (Wildman–Crippen MR) is 75.3 cm³/mol. The maximum atomic E-state index is 13.5. The Morgan fingerprint density at radius 1 is 1.26 bits per heavy atom. The lowest BCUT2D eigenvalue weighted by atomic mass is 9.99. The van der Waals surface area contributed by atoms with Crippen molar-refractivity contribution in [3.8, 4) is 0 Å². The molecule has 1 aliphatic heterocycles. The second kappa shape index (κ2) is 7.01. The van der Waals surface area contributed by atoms with Crippen molar-refractivity contribution in [2.75, 3.05) is 19.8 Å². The molecule has 0 amide bonds. The molecule has 1 saturated heterocycles. The number of rotatable bonds is 5. The average molecular weight is 264 g/mol. The van der Waals surface area contributed by atoms with Gasteiger partial charge in [-0.05, 0) is 54.5 Å². The quantitative estimate of drug-likeness (QED) is 0.881. The SMILES string of the molecule is C[C](C)c1cc(F)cc(CNCC2CCOCC2)c1. The molecule has 0 unspecified atom stereocenters. The molecular weight excluding hydrogens is 241 g/mol. The van der Waals surface area contributed by atoms with Crippen LogP contribution >= 0.6 is 0 Å². The van der Waals surface area contributed by atoms with Crippen LogP contribution in [0.25, 0.3) is 0 Å². The molecule has 1 heterocycles. The van der Waals surface area contributed by atoms with E-state index in [0.717, 1.165) is 56.2 Å². The Kier molecular flexibility index (Phi) is 5.34. The summed E-state index contributed by atoms with van der Waals surface area (Å²) < 4.78 is 18.9. The molecule has 1 aliphatic rings. The van der Waals surface area contributed by atoms with Crippen molar-refractivity contribution < 1.29 is 9.13 Å². The van der Waals surface area contributed by atoms with Crippen LogP contribution in [0.15, 0.2) is 18.2 Å². The van der Waals surface area contributed by atoms with Gasteiger partial charge in [-0.2, -0.15) is 0 Å². The first-order chi connectivity index (χ1) is 9.15. The Balaban J connectivity index is 1.84. The van der Waals surface area contributed by atoms with Crippen LogP contribution in [0.2, 0.25) is 0 Å². The van der Waals surface area contributed by atoms with Gasteiger partial charge in [0, 0.05) is 19.8 Å². The minimum absolute atomic E-state index is 0.151. The molecule has 2 nitrogen and oxygen atoms in total. The Hall–Kier alpha value is -0.930. The molecule has 1 radical (unpaired) electrons. The summed E-state index contributed by atoms with van der Waals surface area (Å²) >= 11 is 0. The summed E-state index contributed by atoms with van der Waals surface area (Å²) in [6.45, 7) is 7.49. The first-order valence-electron chi connectivity index (χ1n) is 7.03. The monoisotopic (exact) mass is 264 g/mol. The van der Waals surface area contributed by atoms with Gasteiger partial charge in [0.15, 0.2) is 0 Å². The van der Waals surface area contributed by atoms with E-state index in [2.05, 4.69) is 11.4 Å². The molecule has 1 N–H and O–H groups in total. The van der Waals surface area contributed by atoms with Gasteiger partial charge in [-0.1, -0.05) is 19.9 Å². The third-order valence-corrected chi connectivity index (χ3v) is 3.64. The third-order valence-electron chi connectivity index (χ3n) is 3.64. The van der Waals surface area contributed by atoms with E-state index >= 15 is 0 Å². The van der Waals surface area contributed by atoms with Gasteiger partial charge in [-0.3, -0.25) is 0 Å². The van der Waals surface area contributed by atoms with E-state index in [1.807, 2.05) is 13.8 Å². The predicted octanol–water partition coefficient (Wildman–Crippen LogP) is 3.30. The van der Waals surface area contributed by atoms with Crippen molar-refractivity contribution in [1.29, 1.82) is 0 Å². The smallest absolute Gasteiger partial charge is 0.123 e. The van der Waals surface area contributed by atoms with Crippen LogP contribution in [0, 0.1) is 17.7 Å². The zero-order valence-electron chi connectivity index (χ0n) is 11.8. The highest BCUT2D eigenvalue weighted by molar-refractivity contribution is 5.33. The molecule has 1 aromatic rings. The van der Waals surface area contributed by atoms with Crippen molar-refractivity contribution >= 4 is 0 Å². The summed E-state index contributed by atoms with van der Waals surface area (Å²) in [6, 6.07) is 5.27. The van der Waals surface area contributed by atoms with Gasteiger partial charge in [0.25, 0.3) is 0 Å². The normalized spacial score (nSPS) is 17.1. The molecule has 2 rings (SSSR count). The summed E-state index contributed by atoms with van der Waals surface area (Å²) in [7, 11) is 0. The van der Waals surface area contributed by atoms with Crippen molar-refractivity contribution in [2.24, 2.45) is 5.92 Å². The fraction of sp³-hybridized carbons (Fsp3) is 0.562. The molecule has 0 aromatic heterocycles. The van der Waals surface area contributed by atoms with Crippen LogP contribution in [-0.2, 0) is 11.3 Å². The lowest BCUT2D eigenvalue weighted by Crippen LogP contribution is -2.27. The van der Waals surface area contributed by atoms with Gasteiger partial charge in [0.1, 0.15) is 5.82 Å². The van der Waals surface area contributed by atoms with Crippen molar-refractivity contribution in [1.82, 2.24) is 5.32 Å². The van der Waals surface area contributed by atoms with Crippen LogP contribution in [0.5, 0.6) is 0 Å². The van der Waals surface area contributed by atoms with Gasteiger partial charge in [0.2, 0.25) is 0 Å². The summed E-state index contributed by atoms with van der Waals surface area (Å²) in [5.74, 6) is 1.69. The minimum atomic E-state index is -0.151. The fourth-order valence-electron chi connectivity index (χ4n) is 2.41. The largest absolute Gasteiger partial charge is 0.381 e. The topological polar surface area (TPSA) is 21.3 Å². The van der Waals surface area contributed by atoms with Crippen molar-refractivity contribution in [2.45, 2.75) is 33.2 Å². The van der Waals surface area contributed by atoms with E-state index in [-0.39, 0.29) is 5.82 Å². The maximum absolute atomic E-state index is 13.5. The molecule has 19 heavy (non-hydrogen) atoms. The average Bonchev–Trinajstić information content (AvgIpc) is 2.39. The molecule has 3 heteroatoms. The second-order valence-electron chi connectivity index (χ2n) is 5.53. The Bertz CT molecular complexity index is 400. The molecule has 1 aromatic carbocycles. The number of ether oxygens (including phenoxy) is 1. The lowest BCUT2D eigenvalue weighted by molar-refractivity contribution is 0.0662. The standard InChI is InChI=1S/C16H23FNO/c1-12(2)15-7-14(8-16(17)9-15)11-18-10-13-3-5-19-6-4-13/h7-9,13,18H,3-6,10-11H2,1-2H3. The van der Waals surface area contributed by atoms with Gasteiger partial charge in [-0.25, -0.2) is 4.39 Å². The number of halogens is 1. The first kappa shape index (κ1) is 14.5. The van der Waals surface area contributed by atoms with Crippen molar-refractivity contribution in [3.63, 3.8) is 0 Å². The van der Waals surface area contributed by atoms with Crippen LogP contribution < -0.4 is 5.32 Å². The number of hydrogen-bond donors (Lipinski definition) is 1. The number of benzene rings is 1. The van der Waals surface area contributed by atoms with E-state index in [9.17, 15) is 4.39 Å². The zero-order chi connectivity index (χ0) is 13.7. The van der Waals surface area contributed by atoms with Crippen LogP contribution in [0.3, 0.4) is 0 Å². The van der Waals surface area contributed by atoms with Crippen LogP contribution in [0.1, 0.15) is 37.8 Å². The second-order valence-corrected chi connectivity index (χ2v) is 5.53. The van der Waals surface area contributed by atoms with Gasteiger partial charge in [-0.15, -0.1) is 0 Å². The van der Waals surface area contributed by atoms with Crippen LogP contribution in [0.4, 0.5) is 4.39 Å². The molecule has 0 aliphatic carbocycles. The number of nitrogens with one attached hydrogen (secondary N) is 1. The molecule has 105 valence electrons. The fourth-order valence-corrected chi connectivity index (χ4v) is 2.41.